The van der Waals surface area contributed by atoms with E-state index in [0.717, 1.165) is 41.5 Å². The molecular formula is C24H32O16. The second kappa shape index (κ2) is 13.3. The van der Waals surface area contributed by atoms with Gasteiger partial charge in [0.25, 0.3) is 0 Å². The lowest BCUT2D eigenvalue weighted by atomic mass is 9.96. The lowest BCUT2D eigenvalue weighted by Crippen LogP contribution is -2.65. The van der Waals surface area contributed by atoms with Crippen LogP contribution in [0.3, 0.4) is 0 Å². The predicted octanol–water partition coefficient (Wildman–Crippen LogP) is -0.927. The normalized spacial score (nSPS) is 34.6. The molecule has 0 N–H and O–H groups in total. The Labute approximate surface area is 228 Å². The molecule has 0 aromatic carbocycles. The van der Waals surface area contributed by atoms with Gasteiger partial charge in [0, 0.05) is 41.5 Å². The third-order valence-corrected chi connectivity index (χ3v) is 5.86. The highest BCUT2D eigenvalue weighted by molar-refractivity contribution is 5.69. The maximum atomic E-state index is 12.1. The van der Waals surface area contributed by atoms with Gasteiger partial charge in [0.1, 0.15) is 24.9 Å². The zero-order valence-electron chi connectivity index (χ0n) is 22.7. The van der Waals surface area contributed by atoms with Crippen LogP contribution in [0.25, 0.3) is 0 Å². The number of hydrogen-bond donors (Lipinski definition) is 0. The molecule has 3 aliphatic rings. The second-order valence-corrected chi connectivity index (χ2v) is 9.19. The van der Waals surface area contributed by atoms with Gasteiger partial charge < -0.3 is 47.4 Å². The topological polar surface area (TPSA) is 195 Å². The zero-order valence-corrected chi connectivity index (χ0v) is 22.7. The minimum absolute atomic E-state index is 0.0594. The number of rotatable bonds is 9. The number of ether oxygens (including phenoxy) is 10. The average molecular weight is 577 g/mol. The Bertz CT molecular complexity index is 995. The zero-order chi connectivity index (χ0) is 29.7. The van der Waals surface area contributed by atoms with Crippen molar-refractivity contribution in [1.29, 1.82) is 0 Å². The molecule has 0 saturated carbocycles. The van der Waals surface area contributed by atoms with Crippen LogP contribution in [0.15, 0.2) is 0 Å². The van der Waals surface area contributed by atoms with E-state index in [2.05, 4.69) is 0 Å². The summed E-state index contributed by atoms with van der Waals surface area (Å²) in [4.78, 5) is 71.4. The number of hydrogen-bond acceptors (Lipinski definition) is 16. The molecule has 16 nitrogen and oxygen atoms in total. The Hall–Kier alpha value is -3.34. The first-order valence-corrected chi connectivity index (χ1v) is 12.3. The van der Waals surface area contributed by atoms with Crippen molar-refractivity contribution in [3.63, 3.8) is 0 Å². The molecule has 3 fully saturated rings. The highest BCUT2D eigenvalue weighted by Gasteiger charge is 2.59. The van der Waals surface area contributed by atoms with Gasteiger partial charge in [0.05, 0.1) is 6.61 Å². The van der Waals surface area contributed by atoms with E-state index in [1.54, 1.807) is 0 Å². The SMILES string of the molecule is CC(=O)OC[C@H]1O[C@H](O[C@H]2[C@H](OC(C)=O)[C@@H](OC(C)=O)[C@@H]3OC[C@H]2O3)[C@H](OC(C)=O)[C@@H](OC(C)=O)[C@H]1OC(C)=O. The fraction of sp³-hybridized carbons (Fsp3) is 0.750. The van der Waals surface area contributed by atoms with Crippen LogP contribution in [-0.2, 0) is 76.1 Å². The first-order valence-electron chi connectivity index (χ1n) is 12.3. The van der Waals surface area contributed by atoms with Crippen molar-refractivity contribution in [3.8, 4) is 0 Å². The number of fused-ring (bicyclic) bond motifs is 2. The highest BCUT2D eigenvalue weighted by Crippen LogP contribution is 2.37. The van der Waals surface area contributed by atoms with Crippen molar-refractivity contribution >= 4 is 35.8 Å². The minimum atomic E-state index is -1.59. The molecule has 224 valence electrons. The van der Waals surface area contributed by atoms with E-state index >= 15 is 0 Å². The Morgan fingerprint density at radius 2 is 1.05 bits per heavy atom. The lowest BCUT2D eigenvalue weighted by molar-refractivity contribution is -0.340. The lowest BCUT2D eigenvalue weighted by Gasteiger charge is -2.46. The van der Waals surface area contributed by atoms with Gasteiger partial charge in [-0.25, -0.2) is 0 Å². The fourth-order valence-electron chi connectivity index (χ4n) is 4.60. The molecule has 0 unspecified atom stereocenters. The van der Waals surface area contributed by atoms with E-state index in [-0.39, 0.29) is 6.61 Å². The van der Waals surface area contributed by atoms with Crippen molar-refractivity contribution < 1.29 is 76.1 Å². The van der Waals surface area contributed by atoms with Gasteiger partial charge in [-0.1, -0.05) is 0 Å². The Balaban J connectivity index is 2.02. The maximum Gasteiger partial charge on any atom is 0.303 e. The first kappa shape index (κ1) is 31.2. The minimum Gasteiger partial charge on any atom is -0.463 e. The van der Waals surface area contributed by atoms with Crippen molar-refractivity contribution in [1.82, 2.24) is 0 Å². The van der Waals surface area contributed by atoms with Crippen LogP contribution in [0.1, 0.15) is 41.5 Å². The van der Waals surface area contributed by atoms with E-state index in [1.807, 2.05) is 0 Å². The standard InChI is InChI=1S/C24H32O16/c1-9(25)31-7-15-17(33-10(2)26)19(34-11(3)27)22(37-14(6)30)24(39-15)40-18-16-8-32-23(38-16)21(36-13(5)29)20(18)35-12(4)28/h15-24H,7-8H2,1-6H3/t15-,16-,17+,18-,19+,20+,21-,22-,23-,24-/m1/s1. The molecule has 16 heteroatoms. The summed E-state index contributed by atoms with van der Waals surface area (Å²) >= 11 is 0. The summed E-state index contributed by atoms with van der Waals surface area (Å²) in [6.07, 6.45) is -13.0. The number of carbonyl (C=O) groups excluding carboxylic acids is 6. The van der Waals surface area contributed by atoms with Crippen molar-refractivity contribution in [2.75, 3.05) is 13.2 Å². The molecule has 0 aromatic rings. The molecule has 3 heterocycles. The van der Waals surface area contributed by atoms with E-state index in [9.17, 15) is 28.8 Å². The molecule has 2 bridgehead atoms. The molecule has 0 aliphatic carbocycles. The highest BCUT2D eigenvalue weighted by atomic mass is 16.8. The van der Waals surface area contributed by atoms with Gasteiger partial charge in [-0.15, -0.1) is 0 Å². The summed E-state index contributed by atoms with van der Waals surface area (Å²) in [7, 11) is 0. The fourth-order valence-corrected chi connectivity index (χ4v) is 4.60. The van der Waals surface area contributed by atoms with Gasteiger partial charge in [0.15, 0.2) is 43.1 Å². The molecule has 40 heavy (non-hydrogen) atoms. The molecule has 3 rings (SSSR count). The molecule has 3 saturated heterocycles. The maximum absolute atomic E-state index is 12.1. The quantitative estimate of drug-likeness (QED) is 0.241. The van der Waals surface area contributed by atoms with Crippen LogP contribution >= 0.6 is 0 Å². The van der Waals surface area contributed by atoms with Crippen LogP contribution in [0, 0.1) is 0 Å². The summed E-state index contributed by atoms with van der Waals surface area (Å²) in [6.45, 7) is 6.12. The summed E-state index contributed by atoms with van der Waals surface area (Å²) in [5, 5.41) is 0. The molecule has 0 aromatic heterocycles. The molecule has 0 spiro atoms. The van der Waals surface area contributed by atoms with Gasteiger partial charge in [-0.2, -0.15) is 0 Å². The monoisotopic (exact) mass is 576 g/mol. The van der Waals surface area contributed by atoms with E-state index in [1.165, 1.54) is 0 Å². The summed E-state index contributed by atoms with van der Waals surface area (Å²) in [5.74, 6) is -4.61. The summed E-state index contributed by atoms with van der Waals surface area (Å²) in [5.41, 5.74) is 0. The molecule has 0 amide bonds. The van der Waals surface area contributed by atoms with Gasteiger partial charge >= 0.3 is 35.8 Å². The van der Waals surface area contributed by atoms with Gasteiger partial charge in [-0.05, 0) is 0 Å². The van der Waals surface area contributed by atoms with E-state index < -0.39 is 104 Å². The molecular weight excluding hydrogens is 544 g/mol. The van der Waals surface area contributed by atoms with Crippen LogP contribution in [-0.4, -0.2) is 110 Å². The molecule has 0 radical (unpaired) electrons. The van der Waals surface area contributed by atoms with E-state index in [0.29, 0.717) is 0 Å². The summed E-state index contributed by atoms with van der Waals surface area (Å²) in [6, 6.07) is 0. The molecule has 3 aliphatic heterocycles. The Morgan fingerprint density at radius 3 is 1.57 bits per heavy atom. The van der Waals surface area contributed by atoms with Crippen LogP contribution < -0.4 is 0 Å². The third kappa shape index (κ3) is 7.87. The van der Waals surface area contributed by atoms with Crippen LogP contribution in [0.4, 0.5) is 0 Å². The predicted molar refractivity (Wildman–Crippen MR) is 123 cm³/mol. The van der Waals surface area contributed by atoms with E-state index in [4.69, 9.17) is 47.4 Å². The molecule has 10 atom stereocenters. The Kier molecular flexibility index (Phi) is 10.4. The number of esters is 6. The first-order chi connectivity index (χ1) is 18.8. The van der Waals surface area contributed by atoms with Crippen molar-refractivity contribution in [2.45, 2.75) is 103 Å². The van der Waals surface area contributed by atoms with Gasteiger partial charge in [0.2, 0.25) is 0 Å². The smallest absolute Gasteiger partial charge is 0.303 e. The van der Waals surface area contributed by atoms with Crippen LogP contribution in [0.5, 0.6) is 0 Å². The van der Waals surface area contributed by atoms with Crippen molar-refractivity contribution in [3.05, 3.63) is 0 Å². The van der Waals surface area contributed by atoms with Crippen LogP contribution in [0.2, 0.25) is 0 Å². The van der Waals surface area contributed by atoms with Crippen molar-refractivity contribution in [2.24, 2.45) is 0 Å². The largest absolute Gasteiger partial charge is 0.463 e. The third-order valence-electron chi connectivity index (χ3n) is 5.86. The average Bonchev–Trinajstić information content (AvgIpc) is 3.26. The Morgan fingerprint density at radius 1 is 0.575 bits per heavy atom. The number of carbonyl (C=O) groups is 6. The second-order valence-electron chi connectivity index (χ2n) is 9.19. The van der Waals surface area contributed by atoms with Gasteiger partial charge in [-0.3, -0.25) is 28.8 Å². The summed E-state index contributed by atoms with van der Waals surface area (Å²) < 4.78 is 55.4.